The molecule has 0 fully saturated rings. The summed E-state index contributed by atoms with van der Waals surface area (Å²) in [4.78, 5) is 10.5. The molecule has 0 aliphatic carbocycles. The Kier molecular flexibility index (Phi) is 3.64. The van der Waals surface area contributed by atoms with Gasteiger partial charge in [0.05, 0.1) is 0 Å². The average molecular weight is 248 g/mol. The Labute approximate surface area is 106 Å². The third-order valence-electron chi connectivity index (χ3n) is 2.74. The number of fused-ring (bicyclic) bond motifs is 1. The van der Waals surface area contributed by atoms with E-state index in [0.717, 1.165) is 6.42 Å². The topological polar surface area (TPSA) is 29.1 Å². The average Bonchev–Trinajstić information content (AvgIpc) is 2.29. The molecule has 88 valence electrons. The monoisotopic (exact) mass is 247 g/mol. The summed E-state index contributed by atoms with van der Waals surface area (Å²) in [6, 6.07) is 12.7. The van der Waals surface area contributed by atoms with Crippen molar-refractivity contribution in [3.05, 3.63) is 47.5 Å². The van der Waals surface area contributed by atoms with Gasteiger partial charge in [-0.25, -0.2) is 0 Å². The number of aryl methyl sites for hydroxylation is 1. The number of halogens is 1. The van der Waals surface area contributed by atoms with Gasteiger partial charge in [-0.2, -0.15) is 0 Å². The van der Waals surface area contributed by atoms with Gasteiger partial charge in [0.1, 0.15) is 0 Å². The van der Waals surface area contributed by atoms with E-state index >= 15 is 0 Å². The van der Waals surface area contributed by atoms with Crippen molar-refractivity contribution in [3.8, 4) is 0 Å². The quantitative estimate of drug-likeness (QED) is 0.651. The molecule has 2 aromatic carbocycles. The Balaban J connectivity index is 2.14. The fourth-order valence-corrected chi connectivity index (χ4v) is 1.97. The maximum atomic E-state index is 10.5. The second-order valence-corrected chi connectivity index (χ2v) is 4.48. The van der Waals surface area contributed by atoms with E-state index in [1.807, 2.05) is 0 Å². The Morgan fingerprint density at radius 2 is 1.88 bits per heavy atom. The maximum absolute atomic E-state index is 10.5. The second kappa shape index (κ2) is 5.19. The lowest BCUT2D eigenvalue weighted by Gasteiger charge is -2.05. The van der Waals surface area contributed by atoms with Gasteiger partial charge in [-0.3, -0.25) is 4.79 Å². The molecule has 3 heteroatoms. The number of hydrogen-bond acceptors (Lipinski definition) is 1. The zero-order valence-corrected chi connectivity index (χ0v) is 10.4. The van der Waals surface area contributed by atoms with Crippen molar-refractivity contribution in [2.45, 2.75) is 13.3 Å². The third-order valence-corrected chi connectivity index (χ3v) is 2.87. The van der Waals surface area contributed by atoms with Crippen molar-refractivity contribution >= 4 is 27.7 Å². The lowest BCUT2D eigenvalue weighted by atomic mass is 10.0. The second-order valence-electron chi connectivity index (χ2n) is 4.14. The highest BCUT2D eigenvalue weighted by atomic mass is 35.5. The van der Waals surface area contributed by atoms with Crippen LogP contribution >= 0.6 is 11.6 Å². The zero-order chi connectivity index (χ0) is 12.3. The molecule has 0 aliphatic rings. The normalized spacial score (nSPS) is 10.5. The van der Waals surface area contributed by atoms with Gasteiger partial charge in [0.2, 0.25) is 0 Å². The van der Waals surface area contributed by atoms with E-state index in [-0.39, 0.29) is 0 Å². The van der Waals surface area contributed by atoms with Gasteiger partial charge in [-0.15, -0.1) is 0 Å². The van der Waals surface area contributed by atoms with E-state index in [2.05, 4.69) is 48.6 Å². The first-order valence-electron chi connectivity index (χ1n) is 5.58. The molecule has 0 radical (unpaired) electrons. The molecule has 2 rings (SSSR count). The molecular weight excluding hydrogens is 234 g/mol. The van der Waals surface area contributed by atoms with Crippen LogP contribution in [-0.2, 0) is 6.42 Å². The number of nitrogens with one attached hydrogen (secondary N) is 1. The van der Waals surface area contributed by atoms with Crippen LogP contribution < -0.4 is 5.32 Å². The van der Waals surface area contributed by atoms with Crippen LogP contribution in [0.2, 0.25) is 0 Å². The lowest BCUT2D eigenvalue weighted by Crippen LogP contribution is -2.19. The number of rotatable bonds is 3. The molecule has 0 aliphatic heterocycles. The van der Waals surface area contributed by atoms with Gasteiger partial charge in [0.25, 0.3) is 0 Å². The summed E-state index contributed by atoms with van der Waals surface area (Å²) in [5.74, 6) is 0. The number of benzene rings is 2. The van der Waals surface area contributed by atoms with Crippen LogP contribution in [0.4, 0.5) is 4.79 Å². The molecule has 0 saturated heterocycles. The molecule has 0 aromatic heterocycles. The summed E-state index contributed by atoms with van der Waals surface area (Å²) in [5, 5.41) is 4.55. The summed E-state index contributed by atoms with van der Waals surface area (Å²) in [6.45, 7) is 2.66. The van der Waals surface area contributed by atoms with E-state index in [9.17, 15) is 4.79 Å². The van der Waals surface area contributed by atoms with Crippen molar-refractivity contribution in [1.82, 2.24) is 5.32 Å². The van der Waals surface area contributed by atoms with Crippen LogP contribution in [0.15, 0.2) is 36.4 Å². The van der Waals surface area contributed by atoms with Crippen LogP contribution in [0, 0.1) is 6.92 Å². The Bertz CT molecular complexity index is 551. The molecule has 0 unspecified atom stereocenters. The Morgan fingerprint density at radius 3 is 2.65 bits per heavy atom. The largest absolute Gasteiger partial charge is 0.342 e. The molecule has 0 bridgehead atoms. The summed E-state index contributed by atoms with van der Waals surface area (Å²) >= 11 is 5.21. The summed E-state index contributed by atoms with van der Waals surface area (Å²) in [7, 11) is 0. The van der Waals surface area contributed by atoms with Crippen molar-refractivity contribution in [1.29, 1.82) is 0 Å². The fourth-order valence-electron chi connectivity index (χ4n) is 1.88. The molecule has 1 N–H and O–H groups in total. The molecule has 2 aromatic rings. The number of amides is 1. The van der Waals surface area contributed by atoms with Crippen molar-refractivity contribution in [2.75, 3.05) is 6.54 Å². The highest BCUT2D eigenvalue weighted by Crippen LogP contribution is 2.17. The smallest absolute Gasteiger partial charge is 0.313 e. The van der Waals surface area contributed by atoms with E-state index < -0.39 is 5.37 Å². The molecule has 17 heavy (non-hydrogen) atoms. The van der Waals surface area contributed by atoms with Gasteiger partial charge in [-0.05, 0) is 41.3 Å². The van der Waals surface area contributed by atoms with Gasteiger partial charge < -0.3 is 5.32 Å². The summed E-state index contributed by atoms with van der Waals surface area (Å²) in [6.07, 6.45) is 0.794. The van der Waals surface area contributed by atoms with Crippen LogP contribution in [0.5, 0.6) is 0 Å². The first-order valence-corrected chi connectivity index (χ1v) is 5.95. The number of hydrogen-bond donors (Lipinski definition) is 1. The molecule has 2 nitrogen and oxygen atoms in total. The summed E-state index contributed by atoms with van der Waals surface area (Å²) in [5.41, 5.74) is 2.46. The maximum Gasteiger partial charge on any atom is 0.313 e. The van der Waals surface area contributed by atoms with Gasteiger partial charge >= 0.3 is 5.37 Å². The minimum absolute atomic E-state index is 0.499. The Morgan fingerprint density at radius 1 is 1.18 bits per heavy atom. The molecule has 0 heterocycles. The van der Waals surface area contributed by atoms with E-state index in [1.165, 1.54) is 21.9 Å². The predicted octanol–water partition coefficient (Wildman–Crippen LogP) is 3.64. The molecular formula is C14H14ClNO. The van der Waals surface area contributed by atoms with Gasteiger partial charge in [-0.1, -0.05) is 42.0 Å². The first kappa shape index (κ1) is 11.9. The minimum Gasteiger partial charge on any atom is -0.342 e. The number of carbonyl (C=O) groups excluding carboxylic acids is 1. The molecule has 0 atom stereocenters. The van der Waals surface area contributed by atoms with Crippen molar-refractivity contribution in [2.24, 2.45) is 0 Å². The molecule has 0 saturated carbocycles. The first-order chi connectivity index (χ1) is 8.15. The highest BCUT2D eigenvalue weighted by Gasteiger charge is 1.98. The lowest BCUT2D eigenvalue weighted by molar-refractivity contribution is 0.260. The third kappa shape index (κ3) is 3.21. The van der Waals surface area contributed by atoms with Crippen molar-refractivity contribution < 1.29 is 4.79 Å². The van der Waals surface area contributed by atoms with Crippen molar-refractivity contribution in [3.63, 3.8) is 0 Å². The molecule has 0 spiro atoms. The standard InChI is InChI=1S/C14H14ClNO/c1-10-2-4-13-9-11(3-5-12(13)8-10)6-7-16-14(15)17/h2-5,8-9H,6-7H2,1H3,(H,16,17). The van der Waals surface area contributed by atoms with E-state index in [0.29, 0.717) is 6.54 Å². The number of carbonyl (C=O) groups is 1. The van der Waals surface area contributed by atoms with E-state index in [4.69, 9.17) is 11.6 Å². The summed E-state index contributed by atoms with van der Waals surface area (Å²) < 4.78 is 0. The molecule has 1 amide bonds. The zero-order valence-electron chi connectivity index (χ0n) is 9.66. The SMILES string of the molecule is Cc1ccc2cc(CCNC(=O)Cl)ccc2c1. The van der Waals surface area contributed by atoms with Crippen LogP contribution in [0.1, 0.15) is 11.1 Å². The Hall–Kier alpha value is -1.54. The fraction of sp³-hybridized carbons (Fsp3) is 0.214. The predicted molar refractivity (Wildman–Crippen MR) is 71.6 cm³/mol. The van der Waals surface area contributed by atoms with Crippen LogP contribution in [0.25, 0.3) is 10.8 Å². The van der Waals surface area contributed by atoms with Crippen LogP contribution in [0.3, 0.4) is 0 Å². The van der Waals surface area contributed by atoms with Gasteiger partial charge in [0, 0.05) is 6.54 Å². The van der Waals surface area contributed by atoms with Crippen LogP contribution in [-0.4, -0.2) is 11.9 Å². The minimum atomic E-state index is -0.499. The van der Waals surface area contributed by atoms with Gasteiger partial charge in [0.15, 0.2) is 0 Å². The van der Waals surface area contributed by atoms with E-state index in [1.54, 1.807) is 0 Å². The highest BCUT2D eigenvalue weighted by molar-refractivity contribution is 6.62.